The molecule has 1 aromatic heterocycles. The molecule has 3 fully saturated rings. The van der Waals surface area contributed by atoms with Gasteiger partial charge in [0.1, 0.15) is 12.4 Å². The summed E-state index contributed by atoms with van der Waals surface area (Å²) in [5.41, 5.74) is 3.30. The van der Waals surface area contributed by atoms with E-state index in [1.165, 1.54) is 17.7 Å². The number of carbonyl (C=O) groups is 1. The number of halogens is 1. The van der Waals surface area contributed by atoms with Crippen LogP contribution in [0.5, 0.6) is 6.01 Å². The summed E-state index contributed by atoms with van der Waals surface area (Å²) in [5, 5.41) is 12.5. The van der Waals surface area contributed by atoms with Crippen LogP contribution in [0.25, 0.3) is 10.8 Å². The molecule has 0 radical (unpaired) electrons. The summed E-state index contributed by atoms with van der Waals surface area (Å²) in [7, 11) is 2.04. The molecule has 4 aliphatic rings. The van der Waals surface area contributed by atoms with Crippen molar-refractivity contribution in [2.24, 2.45) is 0 Å². The molecule has 4 aliphatic heterocycles. The van der Waals surface area contributed by atoms with Crippen LogP contribution in [-0.2, 0) is 13.0 Å². The van der Waals surface area contributed by atoms with Crippen molar-refractivity contribution < 1.29 is 14.6 Å². The van der Waals surface area contributed by atoms with E-state index in [0.29, 0.717) is 32.3 Å². The van der Waals surface area contributed by atoms with E-state index in [0.717, 1.165) is 83.9 Å². The summed E-state index contributed by atoms with van der Waals surface area (Å²) in [6.45, 7) is 5.34. The maximum atomic E-state index is 11.6. The second-order valence-electron chi connectivity index (χ2n) is 12.0. The van der Waals surface area contributed by atoms with E-state index >= 15 is 0 Å². The average Bonchev–Trinajstić information content (AvgIpc) is 3.71. The number of hydrogen-bond acceptors (Lipinski definition) is 7. The topological polar surface area (TPSA) is 85.3 Å². The van der Waals surface area contributed by atoms with E-state index in [4.69, 9.17) is 26.3 Å². The average molecular weight is 577 g/mol. The minimum atomic E-state index is -0.865. The third kappa shape index (κ3) is 4.73. The molecule has 41 heavy (non-hydrogen) atoms. The van der Waals surface area contributed by atoms with Crippen LogP contribution in [0.15, 0.2) is 36.4 Å². The first-order valence-electron chi connectivity index (χ1n) is 14.8. The molecule has 5 heterocycles. The lowest BCUT2D eigenvalue weighted by Crippen LogP contribution is -2.44. The molecule has 1 amide bonds. The van der Waals surface area contributed by atoms with E-state index in [1.54, 1.807) is 0 Å². The van der Waals surface area contributed by atoms with Gasteiger partial charge in [0, 0.05) is 49.4 Å². The minimum Gasteiger partial charge on any atom is -0.465 e. The Hall–Kier alpha value is -3.30. The van der Waals surface area contributed by atoms with Crippen molar-refractivity contribution in [2.75, 3.05) is 56.2 Å². The number of likely N-dealkylation sites (tertiary alicyclic amines) is 1. The first-order chi connectivity index (χ1) is 19.9. The van der Waals surface area contributed by atoms with E-state index < -0.39 is 6.09 Å². The summed E-state index contributed by atoms with van der Waals surface area (Å²) in [6, 6.07) is 12.8. The van der Waals surface area contributed by atoms with Crippen LogP contribution in [0, 0.1) is 0 Å². The lowest BCUT2D eigenvalue weighted by atomic mass is 9.95. The number of fused-ring (bicyclic) bond motifs is 3. The quantitative estimate of drug-likeness (QED) is 0.437. The van der Waals surface area contributed by atoms with Crippen molar-refractivity contribution in [1.29, 1.82) is 0 Å². The molecule has 0 aliphatic carbocycles. The zero-order valence-corrected chi connectivity index (χ0v) is 24.3. The molecular formula is C31H37ClN6O3. The van der Waals surface area contributed by atoms with E-state index in [1.807, 2.05) is 19.2 Å². The number of carboxylic acid groups (broad SMARTS) is 1. The smallest absolute Gasteiger partial charge is 0.407 e. The number of hydrogen-bond donors (Lipinski definition) is 1. The van der Waals surface area contributed by atoms with Gasteiger partial charge in [0.15, 0.2) is 0 Å². The van der Waals surface area contributed by atoms with Crippen molar-refractivity contribution in [3.63, 3.8) is 0 Å². The number of aromatic nitrogens is 2. The second kappa shape index (κ2) is 10.5. The van der Waals surface area contributed by atoms with Crippen molar-refractivity contribution in [3.05, 3.63) is 52.7 Å². The normalized spacial score (nSPS) is 21.8. The number of nitrogens with zero attached hydrogens (tertiary/aromatic N) is 6. The highest BCUT2D eigenvalue weighted by Crippen LogP contribution is 2.40. The fourth-order valence-electron chi connectivity index (χ4n) is 7.55. The number of benzene rings is 2. The maximum Gasteiger partial charge on any atom is 0.407 e. The number of amides is 1. The Morgan fingerprint density at radius 1 is 1.12 bits per heavy atom. The summed E-state index contributed by atoms with van der Waals surface area (Å²) in [6.07, 6.45) is 5.44. The fourth-order valence-corrected chi connectivity index (χ4v) is 7.83. The van der Waals surface area contributed by atoms with Gasteiger partial charge in [-0.15, -0.1) is 0 Å². The lowest BCUT2D eigenvalue weighted by molar-refractivity contribution is 0.107. The molecule has 1 N–H and O–H groups in total. The SMILES string of the molecule is CN(c1nc(OCC23CCCN2CCC3)nc2c1CCN(c1cccc3cccc(Cl)c13)C2)[C@@H]1CCN(C(=O)O)C1. The van der Waals surface area contributed by atoms with Gasteiger partial charge >= 0.3 is 12.1 Å². The number of ether oxygens (including phenoxy) is 1. The Morgan fingerprint density at radius 3 is 2.66 bits per heavy atom. The molecule has 216 valence electrons. The van der Waals surface area contributed by atoms with Crippen molar-refractivity contribution in [3.8, 4) is 6.01 Å². The Labute approximate surface area is 245 Å². The number of rotatable bonds is 6. The summed E-state index contributed by atoms with van der Waals surface area (Å²) in [4.78, 5) is 30.2. The van der Waals surface area contributed by atoms with Crippen LogP contribution in [0.3, 0.4) is 0 Å². The molecule has 2 aromatic carbocycles. The van der Waals surface area contributed by atoms with E-state index in [-0.39, 0.29) is 11.6 Å². The third-order valence-corrected chi connectivity index (χ3v) is 10.1. The maximum absolute atomic E-state index is 11.6. The van der Waals surface area contributed by atoms with Gasteiger partial charge in [-0.3, -0.25) is 4.90 Å². The van der Waals surface area contributed by atoms with Gasteiger partial charge in [-0.25, -0.2) is 4.79 Å². The zero-order valence-electron chi connectivity index (χ0n) is 23.6. The predicted octanol–water partition coefficient (Wildman–Crippen LogP) is 5.04. The highest BCUT2D eigenvalue weighted by atomic mass is 35.5. The summed E-state index contributed by atoms with van der Waals surface area (Å²) >= 11 is 6.70. The van der Waals surface area contributed by atoms with Crippen LogP contribution in [-0.4, -0.2) is 88.9 Å². The highest BCUT2D eigenvalue weighted by Gasteiger charge is 2.45. The second-order valence-corrected chi connectivity index (χ2v) is 12.4. The van der Waals surface area contributed by atoms with Gasteiger partial charge in [0.2, 0.25) is 0 Å². The first kappa shape index (κ1) is 26.6. The first-order valence-corrected chi connectivity index (χ1v) is 15.2. The van der Waals surface area contributed by atoms with Crippen molar-refractivity contribution >= 4 is 40.0 Å². The fraction of sp³-hybridized carbons (Fsp3) is 0.516. The number of anilines is 2. The van der Waals surface area contributed by atoms with Gasteiger partial charge in [0.05, 0.1) is 22.8 Å². The number of likely N-dealkylation sites (N-methyl/N-ethyl adjacent to an activating group) is 1. The molecule has 3 saturated heterocycles. The third-order valence-electron chi connectivity index (χ3n) is 9.79. The van der Waals surface area contributed by atoms with Crippen LogP contribution in [0.4, 0.5) is 16.3 Å². The molecule has 3 aromatic rings. The monoisotopic (exact) mass is 576 g/mol. The van der Waals surface area contributed by atoms with Gasteiger partial charge in [0.25, 0.3) is 0 Å². The molecule has 1 atom stereocenters. The Morgan fingerprint density at radius 2 is 1.90 bits per heavy atom. The van der Waals surface area contributed by atoms with Crippen molar-refractivity contribution in [2.45, 2.75) is 56.7 Å². The van der Waals surface area contributed by atoms with Gasteiger partial charge < -0.3 is 24.5 Å². The Kier molecular flexibility index (Phi) is 6.82. The molecule has 0 saturated carbocycles. The van der Waals surface area contributed by atoms with Crippen molar-refractivity contribution in [1.82, 2.24) is 19.8 Å². The van der Waals surface area contributed by atoms with Crippen LogP contribution in [0.2, 0.25) is 5.02 Å². The van der Waals surface area contributed by atoms with E-state index in [2.05, 4.69) is 39.0 Å². The Balaban J connectivity index is 1.22. The molecule has 0 bridgehead atoms. The molecule has 0 spiro atoms. The minimum absolute atomic E-state index is 0.0617. The highest BCUT2D eigenvalue weighted by molar-refractivity contribution is 6.36. The molecule has 0 unspecified atom stereocenters. The lowest BCUT2D eigenvalue weighted by Gasteiger charge is -2.35. The molecule has 7 rings (SSSR count). The zero-order chi connectivity index (χ0) is 28.1. The Bertz CT molecular complexity index is 1470. The predicted molar refractivity (Wildman–Crippen MR) is 160 cm³/mol. The van der Waals surface area contributed by atoms with Gasteiger partial charge in [-0.1, -0.05) is 35.9 Å². The van der Waals surface area contributed by atoms with Crippen LogP contribution >= 0.6 is 11.6 Å². The largest absolute Gasteiger partial charge is 0.465 e. The molecule has 9 nitrogen and oxygen atoms in total. The van der Waals surface area contributed by atoms with E-state index in [9.17, 15) is 9.90 Å². The van der Waals surface area contributed by atoms with Crippen LogP contribution in [0.1, 0.15) is 43.4 Å². The summed E-state index contributed by atoms with van der Waals surface area (Å²) in [5.74, 6) is 0.866. The van der Waals surface area contributed by atoms with Gasteiger partial charge in [-0.05, 0) is 69.1 Å². The van der Waals surface area contributed by atoms with Crippen LogP contribution < -0.4 is 14.5 Å². The van der Waals surface area contributed by atoms with Gasteiger partial charge in [-0.2, -0.15) is 9.97 Å². The summed E-state index contributed by atoms with van der Waals surface area (Å²) < 4.78 is 6.47. The molecule has 10 heteroatoms. The standard InChI is InChI=1S/C31H37ClN6O3/c1-35(22-10-16-37(18-22)30(39)40)28-23-11-17-36(26-9-3-7-21-6-2-8-24(32)27(21)26)19-25(23)33-29(34-28)41-20-31-12-4-14-38(31)15-5-13-31/h2-3,6-9,22H,4-5,10-20H2,1H3,(H,39,40)/t22-/m1/s1. The molecular weight excluding hydrogens is 540 g/mol.